The molecule has 0 radical (unpaired) electrons. The Hall–Kier alpha value is -0.190. The van der Waals surface area contributed by atoms with Gasteiger partial charge in [0.05, 0.1) is 13.2 Å². The molecule has 2 unspecified atom stereocenters. The standard InChI is InChI=1S/C11H17ClO6P2/c1-3-17-19(13,14)11(20(15,16)18-4-2)9-5-7-10(12)8-6-9/h5-8,11H,3-4H2,1-2H3,(H,13,14)(H,15,16). The van der Waals surface area contributed by atoms with Crippen LogP contribution in [0.1, 0.15) is 24.8 Å². The summed E-state index contributed by atoms with van der Waals surface area (Å²) in [5, 5.41) is -1.26. The van der Waals surface area contributed by atoms with Crippen LogP contribution in [0.15, 0.2) is 24.3 Å². The molecule has 9 heteroatoms. The van der Waals surface area contributed by atoms with Crippen LogP contribution < -0.4 is 0 Å². The fraction of sp³-hybridized carbons (Fsp3) is 0.455. The Morgan fingerprint density at radius 1 is 1.05 bits per heavy atom. The average molecular weight is 343 g/mol. The highest BCUT2D eigenvalue weighted by Gasteiger charge is 2.48. The molecular formula is C11H17ClO6P2. The maximum absolute atomic E-state index is 12.2. The lowest BCUT2D eigenvalue weighted by molar-refractivity contribution is 0.248. The molecule has 0 aliphatic carbocycles. The first-order valence-electron chi connectivity index (χ1n) is 5.94. The van der Waals surface area contributed by atoms with E-state index in [1.807, 2.05) is 0 Å². The molecule has 0 saturated carbocycles. The van der Waals surface area contributed by atoms with Crippen LogP contribution in [-0.2, 0) is 18.2 Å². The molecule has 0 saturated heterocycles. The SMILES string of the molecule is CCOP(=O)(O)C(c1ccc(Cl)cc1)P(=O)(O)OCC. The molecule has 0 spiro atoms. The van der Waals surface area contributed by atoms with Gasteiger partial charge >= 0.3 is 15.2 Å². The Morgan fingerprint density at radius 2 is 1.45 bits per heavy atom. The first-order chi connectivity index (χ1) is 9.24. The maximum Gasteiger partial charge on any atom is 0.347 e. The Kier molecular flexibility index (Phi) is 6.42. The monoisotopic (exact) mass is 342 g/mol. The highest BCUT2D eigenvalue weighted by atomic mass is 35.5. The molecule has 1 aromatic rings. The Morgan fingerprint density at radius 3 is 1.80 bits per heavy atom. The van der Waals surface area contributed by atoms with Gasteiger partial charge in [-0.05, 0) is 31.5 Å². The predicted molar refractivity (Wildman–Crippen MR) is 77.1 cm³/mol. The zero-order chi connectivity index (χ0) is 15.4. The summed E-state index contributed by atoms with van der Waals surface area (Å²) in [6, 6.07) is 5.72. The van der Waals surface area contributed by atoms with Crippen molar-refractivity contribution in [2.24, 2.45) is 0 Å². The van der Waals surface area contributed by atoms with Gasteiger partial charge in [0, 0.05) is 5.02 Å². The fourth-order valence-corrected chi connectivity index (χ4v) is 5.83. The summed E-state index contributed by atoms with van der Waals surface area (Å²) < 4.78 is 34.0. The molecule has 0 amide bonds. The van der Waals surface area contributed by atoms with Crippen LogP contribution >= 0.6 is 26.8 Å². The second-order valence-corrected chi connectivity index (χ2v) is 8.54. The normalized spacial score (nSPS) is 19.1. The van der Waals surface area contributed by atoms with Gasteiger partial charge < -0.3 is 18.8 Å². The van der Waals surface area contributed by atoms with Gasteiger partial charge in [-0.15, -0.1) is 0 Å². The summed E-state index contributed by atoms with van der Waals surface area (Å²) in [5.74, 6) is 0. The number of rotatable bonds is 7. The Balaban J connectivity index is 3.31. The minimum Gasteiger partial charge on any atom is -0.323 e. The third-order valence-corrected chi connectivity index (χ3v) is 7.51. The zero-order valence-corrected chi connectivity index (χ0v) is 13.6. The first-order valence-corrected chi connectivity index (χ1v) is 9.61. The van der Waals surface area contributed by atoms with Crippen molar-refractivity contribution in [3.8, 4) is 0 Å². The third-order valence-electron chi connectivity index (χ3n) is 2.41. The second-order valence-electron chi connectivity index (χ2n) is 3.89. The Labute approximate surface area is 122 Å². The maximum atomic E-state index is 12.2. The Bertz CT molecular complexity index is 506. The summed E-state index contributed by atoms with van der Waals surface area (Å²) in [6.07, 6.45) is 0. The third kappa shape index (κ3) is 4.40. The minimum absolute atomic E-state index is 0.0655. The van der Waals surface area contributed by atoms with Crippen molar-refractivity contribution in [2.45, 2.75) is 19.2 Å². The van der Waals surface area contributed by atoms with Crippen molar-refractivity contribution in [3.05, 3.63) is 34.9 Å². The molecule has 1 aromatic carbocycles. The first kappa shape index (κ1) is 17.9. The molecule has 2 N–H and O–H groups in total. The highest BCUT2D eigenvalue weighted by Crippen LogP contribution is 2.74. The van der Waals surface area contributed by atoms with Crippen molar-refractivity contribution < 1.29 is 28.0 Å². The van der Waals surface area contributed by atoms with E-state index in [0.29, 0.717) is 5.02 Å². The smallest absolute Gasteiger partial charge is 0.323 e. The molecule has 1 rings (SSSR count). The number of hydrogen-bond donors (Lipinski definition) is 2. The van der Waals surface area contributed by atoms with Crippen LogP contribution in [0.2, 0.25) is 5.02 Å². The van der Waals surface area contributed by atoms with Gasteiger partial charge in [0.1, 0.15) is 0 Å². The van der Waals surface area contributed by atoms with Gasteiger partial charge in [0.15, 0.2) is 5.40 Å². The van der Waals surface area contributed by atoms with Crippen LogP contribution in [0.4, 0.5) is 0 Å². The lowest BCUT2D eigenvalue weighted by Crippen LogP contribution is -2.06. The molecule has 0 aromatic heterocycles. The van der Waals surface area contributed by atoms with E-state index in [2.05, 4.69) is 0 Å². The molecule has 0 aliphatic rings. The van der Waals surface area contributed by atoms with Crippen molar-refractivity contribution in [3.63, 3.8) is 0 Å². The van der Waals surface area contributed by atoms with Crippen molar-refractivity contribution in [1.82, 2.24) is 0 Å². The fourth-order valence-electron chi connectivity index (χ4n) is 1.71. The largest absolute Gasteiger partial charge is 0.347 e. The van der Waals surface area contributed by atoms with Crippen LogP contribution in [0, 0.1) is 0 Å². The van der Waals surface area contributed by atoms with E-state index in [4.69, 9.17) is 20.6 Å². The van der Waals surface area contributed by atoms with Crippen molar-refractivity contribution in [1.29, 1.82) is 0 Å². The van der Waals surface area contributed by atoms with Gasteiger partial charge in [0.2, 0.25) is 0 Å². The van der Waals surface area contributed by atoms with E-state index in [9.17, 15) is 18.9 Å². The van der Waals surface area contributed by atoms with E-state index < -0.39 is 20.6 Å². The highest BCUT2D eigenvalue weighted by molar-refractivity contribution is 7.71. The van der Waals surface area contributed by atoms with E-state index in [1.54, 1.807) is 0 Å². The summed E-state index contributed by atoms with van der Waals surface area (Å²) in [6.45, 7) is 2.91. The lowest BCUT2D eigenvalue weighted by atomic mass is 10.2. The summed E-state index contributed by atoms with van der Waals surface area (Å²) >= 11 is 5.74. The van der Waals surface area contributed by atoms with E-state index in [-0.39, 0.29) is 18.8 Å². The quantitative estimate of drug-likeness (QED) is 0.732. The molecule has 0 fully saturated rings. The molecule has 0 bridgehead atoms. The summed E-state index contributed by atoms with van der Waals surface area (Å²) in [4.78, 5) is 19.9. The molecule has 20 heavy (non-hydrogen) atoms. The predicted octanol–water partition coefficient (Wildman–Crippen LogP) is 3.78. The van der Waals surface area contributed by atoms with Gasteiger partial charge in [-0.2, -0.15) is 0 Å². The molecule has 0 heterocycles. The van der Waals surface area contributed by atoms with Gasteiger partial charge in [0.25, 0.3) is 0 Å². The van der Waals surface area contributed by atoms with Gasteiger partial charge in [-0.25, -0.2) is 0 Å². The molecule has 6 nitrogen and oxygen atoms in total. The van der Waals surface area contributed by atoms with Crippen LogP contribution in [0.3, 0.4) is 0 Å². The van der Waals surface area contributed by atoms with Crippen LogP contribution in [0.5, 0.6) is 0 Å². The molecule has 0 aliphatic heterocycles. The molecular weight excluding hydrogens is 326 g/mol. The van der Waals surface area contributed by atoms with E-state index in [1.165, 1.54) is 38.1 Å². The minimum atomic E-state index is -4.37. The van der Waals surface area contributed by atoms with Crippen LogP contribution in [-0.4, -0.2) is 23.0 Å². The van der Waals surface area contributed by atoms with E-state index in [0.717, 1.165) is 0 Å². The van der Waals surface area contributed by atoms with Crippen molar-refractivity contribution in [2.75, 3.05) is 13.2 Å². The topological polar surface area (TPSA) is 93.1 Å². The second kappa shape index (κ2) is 7.19. The lowest BCUT2D eigenvalue weighted by Gasteiger charge is -2.26. The van der Waals surface area contributed by atoms with Gasteiger partial charge in [-0.1, -0.05) is 23.7 Å². The average Bonchev–Trinajstić information content (AvgIpc) is 2.31. The molecule has 2 atom stereocenters. The zero-order valence-electron chi connectivity index (χ0n) is 11.1. The van der Waals surface area contributed by atoms with Crippen molar-refractivity contribution >= 4 is 26.8 Å². The number of halogens is 1. The molecule has 114 valence electrons. The summed E-state index contributed by atoms with van der Waals surface area (Å²) in [5.41, 5.74) is 0.160. The summed E-state index contributed by atoms with van der Waals surface area (Å²) in [7, 11) is -8.74. The van der Waals surface area contributed by atoms with Crippen LogP contribution in [0.25, 0.3) is 0 Å². The van der Waals surface area contributed by atoms with E-state index >= 15 is 0 Å². The number of benzene rings is 1. The number of hydrogen-bond acceptors (Lipinski definition) is 4. The van der Waals surface area contributed by atoms with Gasteiger partial charge in [-0.3, -0.25) is 9.13 Å².